The molecule has 0 spiro atoms. The number of hydrogen-bond acceptors (Lipinski definition) is 7. The van der Waals surface area contributed by atoms with Crippen LogP contribution in [-0.2, 0) is 0 Å². The Kier molecular flexibility index (Phi) is 6.44. The van der Waals surface area contributed by atoms with Crippen LogP contribution in [0.4, 0.5) is 22.0 Å². The molecule has 2 aliphatic rings. The van der Waals surface area contributed by atoms with Gasteiger partial charge in [0, 0.05) is 62.3 Å². The molecule has 7 nitrogen and oxygen atoms in total. The quantitative estimate of drug-likeness (QED) is 0.493. The van der Waals surface area contributed by atoms with Gasteiger partial charge in [-0.1, -0.05) is 23.2 Å². The van der Waals surface area contributed by atoms with Gasteiger partial charge in [0.15, 0.2) is 11.0 Å². The Hall–Kier alpha value is -2.71. The second-order valence-corrected chi connectivity index (χ2v) is 9.65. The van der Waals surface area contributed by atoms with Gasteiger partial charge in [0.05, 0.1) is 10.7 Å². The second kappa shape index (κ2) is 9.50. The van der Waals surface area contributed by atoms with Crippen LogP contribution in [0.1, 0.15) is 26.7 Å². The number of nitrogens with zero attached hydrogens (tertiary/aromatic N) is 7. The van der Waals surface area contributed by atoms with E-state index in [2.05, 4.69) is 38.5 Å². The highest BCUT2D eigenvalue weighted by Gasteiger charge is 2.29. The van der Waals surface area contributed by atoms with Crippen LogP contribution < -0.4 is 14.7 Å². The monoisotopic (exact) mass is 501 g/mol. The Labute approximate surface area is 208 Å². The molecule has 34 heavy (non-hydrogen) atoms. The first-order valence-corrected chi connectivity index (χ1v) is 12.3. The summed E-state index contributed by atoms with van der Waals surface area (Å²) in [7, 11) is 0. The average Bonchev–Trinajstić information content (AvgIpc) is 3.26. The van der Waals surface area contributed by atoms with Crippen molar-refractivity contribution in [1.82, 2.24) is 19.9 Å². The topological polar surface area (TPSA) is 61.3 Å². The number of benzene rings is 1. The maximum Gasteiger partial charge on any atom is 0.228 e. The molecule has 2 aromatic heterocycles. The summed E-state index contributed by atoms with van der Waals surface area (Å²) < 4.78 is 13.8. The molecule has 0 bridgehead atoms. The van der Waals surface area contributed by atoms with Crippen LogP contribution in [0.5, 0.6) is 0 Å². The summed E-state index contributed by atoms with van der Waals surface area (Å²) in [5, 5.41) is 0.488. The molecule has 4 heterocycles. The lowest BCUT2D eigenvalue weighted by molar-refractivity contribution is 0.541. The Morgan fingerprint density at radius 2 is 1.76 bits per heavy atom. The molecule has 0 saturated carbocycles. The van der Waals surface area contributed by atoms with Gasteiger partial charge in [-0.25, -0.2) is 19.3 Å². The first-order valence-electron chi connectivity index (χ1n) is 11.5. The zero-order valence-corrected chi connectivity index (χ0v) is 20.6. The van der Waals surface area contributed by atoms with Crippen LogP contribution >= 0.6 is 23.2 Å². The first-order chi connectivity index (χ1) is 16.4. The summed E-state index contributed by atoms with van der Waals surface area (Å²) in [6.45, 7) is 7.48. The largest absolute Gasteiger partial charge is 0.350 e. The van der Waals surface area contributed by atoms with Crippen molar-refractivity contribution in [1.29, 1.82) is 0 Å². The standard InChI is InChI=1S/C24H26Cl2FN7/c1-15-4-3-9-34(15)24-30-20(17-5-6-19(27)18(25)12-17)13-21(31-24)33-11-10-32(14-16(33)2)23-22(26)28-7-8-29-23/h5-8,12-13,15-16H,3-4,9-11,14H2,1-2H3/t15-,16+/m1/s1. The van der Waals surface area contributed by atoms with Crippen LogP contribution in [0, 0.1) is 5.82 Å². The van der Waals surface area contributed by atoms with Gasteiger partial charge < -0.3 is 14.7 Å². The summed E-state index contributed by atoms with van der Waals surface area (Å²) in [5.41, 5.74) is 1.49. The minimum absolute atomic E-state index is 0.0802. The number of halogens is 3. The van der Waals surface area contributed by atoms with E-state index < -0.39 is 5.82 Å². The van der Waals surface area contributed by atoms with Gasteiger partial charge in [0.25, 0.3) is 0 Å². The van der Waals surface area contributed by atoms with E-state index in [0.29, 0.717) is 23.0 Å². The summed E-state index contributed by atoms with van der Waals surface area (Å²) in [6.07, 6.45) is 5.47. The molecular weight excluding hydrogens is 476 g/mol. The third kappa shape index (κ3) is 4.49. The molecule has 0 radical (unpaired) electrons. The summed E-state index contributed by atoms with van der Waals surface area (Å²) in [6, 6.07) is 7.20. The lowest BCUT2D eigenvalue weighted by Gasteiger charge is -2.41. The van der Waals surface area contributed by atoms with Crippen LogP contribution in [0.25, 0.3) is 11.3 Å². The van der Waals surface area contributed by atoms with Crippen LogP contribution in [-0.4, -0.2) is 58.2 Å². The molecule has 3 aromatic rings. The molecule has 0 unspecified atom stereocenters. The fraction of sp³-hybridized carbons (Fsp3) is 0.417. The Bertz CT molecular complexity index is 1190. The Morgan fingerprint density at radius 1 is 0.941 bits per heavy atom. The molecular formula is C24H26Cl2FN7. The van der Waals surface area contributed by atoms with E-state index in [1.54, 1.807) is 24.5 Å². The van der Waals surface area contributed by atoms with E-state index in [9.17, 15) is 4.39 Å². The second-order valence-electron chi connectivity index (χ2n) is 8.88. The van der Waals surface area contributed by atoms with Gasteiger partial charge in [-0.05, 0) is 44.9 Å². The fourth-order valence-corrected chi connectivity index (χ4v) is 5.15. The van der Waals surface area contributed by atoms with Crippen molar-refractivity contribution in [2.24, 2.45) is 0 Å². The van der Waals surface area contributed by atoms with Gasteiger partial charge in [-0.15, -0.1) is 0 Å². The molecule has 2 fully saturated rings. The summed E-state index contributed by atoms with van der Waals surface area (Å²) >= 11 is 12.4. The highest BCUT2D eigenvalue weighted by molar-refractivity contribution is 6.31. The lowest BCUT2D eigenvalue weighted by Crippen LogP contribution is -2.53. The minimum Gasteiger partial charge on any atom is -0.350 e. The van der Waals surface area contributed by atoms with Crippen molar-refractivity contribution in [2.45, 2.75) is 38.8 Å². The molecule has 0 aliphatic carbocycles. The Balaban J connectivity index is 1.49. The van der Waals surface area contributed by atoms with Crippen LogP contribution in [0.15, 0.2) is 36.7 Å². The average molecular weight is 502 g/mol. The third-order valence-corrected chi connectivity index (χ3v) is 7.14. The van der Waals surface area contributed by atoms with Crippen molar-refractivity contribution in [3.8, 4) is 11.3 Å². The summed E-state index contributed by atoms with van der Waals surface area (Å²) in [4.78, 5) is 25.1. The predicted molar refractivity (Wildman–Crippen MR) is 135 cm³/mol. The van der Waals surface area contributed by atoms with Crippen molar-refractivity contribution >= 4 is 40.8 Å². The Morgan fingerprint density at radius 3 is 2.47 bits per heavy atom. The maximum atomic E-state index is 13.8. The zero-order valence-electron chi connectivity index (χ0n) is 19.1. The number of hydrogen-bond donors (Lipinski definition) is 0. The van der Waals surface area contributed by atoms with E-state index >= 15 is 0 Å². The molecule has 2 atom stereocenters. The van der Waals surface area contributed by atoms with Crippen molar-refractivity contribution < 1.29 is 4.39 Å². The molecule has 178 valence electrons. The molecule has 5 rings (SSSR count). The van der Waals surface area contributed by atoms with Crippen molar-refractivity contribution in [3.05, 3.63) is 52.7 Å². The fourth-order valence-electron chi connectivity index (χ4n) is 4.75. The van der Waals surface area contributed by atoms with E-state index in [-0.39, 0.29) is 11.1 Å². The third-order valence-electron chi connectivity index (χ3n) is 6.58. The number of anilines is 3. The zero-order chi connectivity index (χ0) is 23.8. The highest BCUT2D eigenvalue weighted by Crippen LogP contribution is 2.32. The minimum atomic E-state index is -0.444. The molecule has 10 heteroatoms. The number of aromatic nitrogens is 4. The predicted octanol–water partition coefficient (Wildman–Crippen LogP) is 5.08. The van der Waals surface area contributed by atoms with Crippen molar-refractivity contribution in [3.63, 3.8) is 0 Å². The molecule has 0 amide bonds. The van der Waals surface area contributed by atoms with Gasteiger partial charge in [-0.2, -0.15) is 4.98 Å². The van der Waals surface area contributed by atoms with Gasteiger partial charge >= 0.3 is 0 Å². The molecule has 2 aliphatic heterocycles. The van der Waals surface area contributed by atoms with E-state index in [0.717, 1.165) is 56.1 Å². The lowest BCUT2D eigenvalue weighted by atomic mass is 10.1. The molecule has 1 aromatic carbocycles. The molecule has 0 N–H and O–H groups in total. The van der Waals surface area contributed by atoms with E-state index in [4.69, 9.17) is 33.2 Å². The van der Waals surface area contributed by atoms with Gasteiger partial charge in [0.2, 0.25) is 5.95 Å². The van der Waals surface area contributed by atoms with Crippen LogP contribution in [0.2, 0.25) is 10.2 Å². The van der Waals surface area contributed by atoms with E-state index in [1.807, 2.05) is 6.07 Å². The van der Waals surface area contributed by atoms with Gasteiger partial charge in [-0.3, -0.25) is 0 Å². The first kappa shape index (κ1) is 23.1. The van der Waals surface area contributed by atoms with Crippen molar-refractivity contribution in [2.75, 3.05) is 40.9 Å². The van der Waals surface area contributed by atoms with Gasteiger partial charge in [0.1, 0.15) is 11.6 Å². The smallest absolute Gasteiger partial charge is 0.228 e. The highest BCUT2D eigenvalue weighted by atomic mass is 35.5. The maximum absolute atomic E-state index is 13.8. The van der Waals surface area contributed by atoms with E-state index in [1.165, 1.54) is 6.07 Å². The number of rotatable bonds is 4. The number of piperazine rings is 1. The SMILES string of the molecule is C[C@@H]1CCCN1c1nc(-c2ccc(F)c(Cl)c2)cc(N2CCN(c3nccnc3Cl)C[C@@H]2C)n1. The van der Waals surface area contributed by atoms with Crippen LogP contribution in [0.3, 0.4) is 0 Å². The normalized spacial score (nSPS) is 20.8. The molecule has 2 saturated heterocycles. The summed E-state index contributed by atoms with van der Waals surface area (Å²) in [5.74, 6) is 1.80.